The minimum atomic E-state index is -0.449. The molecule has 1 amide bonds. The number of rotatable bonds is 4. The van der Waals surface area contributed by atoms with E-state index in [1.54, 1.807) is 30.5 Å². The summed E-state index contributed by atoms with van der Waals surface area (Å²) >= 11 is 0. The topological polar surface area (TPSA) is 71.1 Å². The number of nitrogens with one attached hydrogen (secondary N) is 2. The molecule has 0 radical (unpaired) electrons. The highest BCUT2D eigenvalue weighted by atomic mass is 16.2. The predicted octanol–water partition coefficient (Wildman–Crippen LogP) is 4.01. The van der Waals surface area contributed by atoms with Gasteiger partial charge in [0.25, 0.3) is 0 Å². The van der Waals surface area contributed by atoms with Gasteiger partial charge >= 0.3 is 0 Å². The summed E-state index contributed by atoms with van der Waals surface area (Å²) in [5.41, 5.74) is 1.72. The van der Waals surface area contributed by atoms with E-state index in [1.165, 1.54) is 6.92 Å². The Labute approximate surface area is 136 Å². The van der Waals surface area contributed by atoms with Gasteiger partial charge in [-0.3, -0.25) is 9.59 Å². The summed E-state index contributed by atoms with van der Waals surface area (Å²) in [4.78, 5) is 27.4. The number of Topliss-reactive ketones (excluding diaryl/α,β-unsaturated/α-hetero) is 1. The largest absolute Gasteiger partial charge is 0.340 e. The van der Waals surface area contributed by atoms with Gasteiger partial charge in [-0.05, 0) is 43.3 Å². The molecule has 2 aromatic rings. The Balaban J connectivity index is 2.02. The van der Waals surface area contributed by atoms with Gasteiger partial charge in [0.15, 0.2) is 5.78 Å². The maximum absolute atomic E-state index is 11.9. The van der Waals surface area contributed by atoms with Crippen molar-refractivity contribution in [3.63, 3.8) is 0 Å². The molecule has 5 nitrogen and oxygen atoms in total. The second kappa shape index (κ2) is 6.60. The molecule has 0 saturated heterocycles. The highest BCUT2D eigenvalue weighted by Crippen LogP contribution is 2.19. The molecule has 0 fully saturated rings. The summed E-state index contributed by atoms with van der Waals surface area (Å²) < 4.78 is 0. The molecule has 1 aromatic carbocycles. The van der Waals surface area contributed by atoms with Crippen LogP contribution < -0.4 is 10.6 Å². The van der Waals surface area contributed by atoms with Gasteiger partial charge in [0, 0.05) is 16.7 Å². The number of amides is 1. The number of carbonyl (C=O) groups excluding carboxylic acids is 2. The van der Waals surface area contributed by atoms with Crippen LogP contribution in [0.3, 0.4) is 0 Å². The molecular weight excluding hydrogens is 290 g/mol. The number of carbonyl (C=O) groups is 2. The van der Waals surface area contributed by atoms with Crippen LogP contribution in [0.25, 0.3) is 0 Å². The van der Waals surface area contributed by atoms with Crippen LogP contribution in [0.5, 0.6) is 0 Å². The van der Waals surface area contributed by atoms with E-state index >= 15 is 0 Å². The van der Waals surface area contributed by atoms with E-state index in [0.717, 1.165) is 5.69 Å². The third-order valence-electron chi connectivity index (χ3n) is 3.27. The molecule has 1 heterocycles. The molecule has 1 aromatic heterocycles. The Hall–Kier alpha value is -2.69. The van der Waals surface area contributed by atoms with Crippen LogP contribution in [-0.2, 0) is 4.79 Å². The Morgan fingerprint density at radius 1 is 0.957 bits per heavy atom. The summed E-state index contributed by atoms with van der Waals surface area (Å²) in [5, 5.41) is 5.97. The molecule has 0 atom stereocenters. The summed E-state index contributed by atoms with van der Waals surface area (Å²) in [6.07, 6.45) is 1.61. The Morgan fingerprint density at radius 2 is 1.57 bits per heavy atom. The van der Waals surface area contributed by atoms with Gasteiger partial charge in [0.1, 0.15) is 5.82 Å². The molecule has 0 aliphatic rings. The van der Waals surface area contributed by atoms with Gasteiger partial charge in [-0.2, -0.15) is 0 Å². The van der Waals surface area contributed by atoms with Crippen molar-refractivity contribution >= 4 is 28.9 Å². The van der Waals surface area contributed by atoms with Crippen molar-refractivity contribution in [1.82, 2.24) is 4.98 Å². The zero-order valence-electron chi connectivity index (χ0n) is 13.8. The summed E-state index contributed by atoms with van der Waals surface area (Å²) in [6, 6.07) is 10.8. The first-order valence-electron chi connectivity index (χ1n) is 7.41. The van der Waals surface area contributed by atoms with Gasteiger partial charge in [-0.1, -0.05) is 20.8 Å². The lowest BCUT2D eigenvalue weighted by atomic mass is 9.96. The van der Waals surface area contributed by atoms with Gasteiger partial charge in [-0.25, -0.2) is 4.98 Å². The molecule has 0 aliphatic carbocycles. The summed E-state index contributed by atoms with van der Waals surface area (Å²) in [5.74, 6) is 0.641. The number of pyridine rings is 1. The number of benzene rings is 1. The molecule has 0 saturated carbocycles. The number of hydrogen-bond acceptors (Lipinski definition) is 4. The normalized spacial score (nSPS) is 11.0. The minimum Gasteiger partial charge on any atom is -0.340 e. The number of nitrogens with zero attached hydrogens (tertiary/aromatic N) is 1. The smallest absolute Gasteiger partial charge is 0.229 e. The standard InChI is InChI=1S/C18H21N3O2/c1-12(22)13-5-7-14(8-6-13)20-16-10-9-15(11-19-16)21-17(23)18(2,3)4/h5-11H,1-4H3,(H,19,20)(H,21,23). The van der Waals surface area contributed by atoms with Gasteiger partial charge < -0.3 is 10.6 Å². The van der Waals surface area contributed by atoms with Gasteiger partial charge in [-0.15, -0.1) is 0 Å². The van der Waals surface area contributed by atoms with Crippen molar-refractivity contribution in [2.45, 2.75) is 27.7 Å². The third-order valence-corrected chi connectivity index (χ3v) is 3.27. The van der Waals surface area contributed by atoms with Crippen LogP contribution in [-0.4, -0.2) is 16.7 Å². The zero-order valence-corrected chi connectivity index (χ0v) is 13.8. The fourth-order valence-corrected chi connectivity index (χ4v) is 1.80. The van der Waals surface area contributed by atoms with E-state index < -0.39 is 5.41 Å². The van der Waals surface area contributed by atoms with Crippen LogP contribution >= 0.6 is 0 Å². The molecule has 0 unspecified atom stereocenters. The first-order valence-corrected chi connectivity index (χ1v) is 7.41. The third kappa shape index (κ3) is 4.64. The van der Waals surface area contributed by atoms with E-state index in [1.807, 2.05) is 32.9 Å². The van der Waals surface area contributed by atoms with E-state index in [0.29, 0.717) is 17.1 Å². The average molecular weight is 311 g/mol. The molecular formula is C18H21N3O2. The molecule has 0 bridgehead atoms. The quantitative estimate of drug-likeness (QED) is 0.837. The lowest BCUT2D eigenvalue weighted by Gasteiger charge is -2.17. The van der Waals surface area contributed by atoms with Crippen molar-refractivity contribution in [1.29, 1.82) is 0 Å². The zero-order chi connectivity index (χ0) is 17.0. The highest BCUT2D eigenvalue weighted by molar-refractivity contribution is 5.95. The Morgan fingerprint density at radius 3 is 2.04 bits per heavy atom. The fraction of sp³-hybridized carbons (Fsp3) is 0.278. The number of ketones is 1. The van der Waals surface area contributed by atoms with Crippen molar-refractivity contribution < 1.29 is 9.59 Å². The van der Waals surface area contributed by atoms with Crippen molar-refractivity contribution in [2.24, 2.45) is 5.41 Å². The second-order valence-electron chi connectivity index (χ2n) is 6.39. The number of aromatic nitrogens is 1. The molecule has 2 rings (SSSR count). The lowest BCUT2D eigenvalue weighted by Crippen LogP contribution is -2.27. The Kier molecular flexibility index (Phi) is 4.79. The monoisotopic (exact) mass is 311 g/mol. The first kappa shape index (κ1) is 16.7. The first-order chi connectivity index (χ1) is 10.8. The van der Waals surface area contributed by atoms with Crippen LogP contribution in [0.1, 0.15) is 38.1 Å². The van der Waals surface area contributed by atoms with E-state index in [4.69, 9.17) is 0 Å². The summed E-state index contributed by atoms with van der Waals surface area (Å²) in [6.45, 7) is 7.11. The molecule has 5 heteroatoms. The maximum Gasteiger partial charge on any atom is 0.229 e. The van der Waals surface area contributed by atoms with Crippen molar-refractivity contribution in [2.75, 3.05) is 10.6 Å². The molecule has 120 valence electrons. The fourth-order valence-electron chi connectivity index (χ4n) is 1.80. The van der Waals surface area contributed by atoms with Gasteiger partial charge in [0.05, 0.1) is 11.9 Å². The van der Waals surface area contributed by atoms with Crippen LogP contribution in [0.15, 0.2) is 42.6 Å². The minimum absolute atomic E-state index is 0.0358. The van der Waals surface area contributed by atoms with Gasteiger partial charge in [0.2, 0.25) is 5.91 Å². The van der Waals surface area contributed by atoms with Crippen LogP contribution in [0, 0.1) is 5.41 Å². The number of hydrogen-bond donors (Lipinski definition) is 2. The molecule has 23 heavy (non-hydrogen) atoms. The second-order valence-corrected chi connectivity index (χ2v) is 6.39. The molecule has 2 N–H and O–H groups in total. The SMILES string of the molecule is CC(=O)c1ccc(Nc2ccc(NC(=O)C(C)(C)C)cn2)cc1. The Bertz CT molecular complexity index is 699. The maximum atomic E-state index is 11.9. The summed E-state index contributed by atoms with van der Waals surface area (Å²) in [7, 11) is 0. The van der Waals surface area contributed by atoms with Crippen LogP contribution in [0.2, 0.25) is 0 Å². The predicted molar refractivity (Wildman–Crippen MR) is 92.1 cm³/mol. The van der Waals surface area contributed by atoms with E-state index in [9.17, 15) is 9.59 Å². The molecule has 0 spiro atoms. The van der Waals surface area contributed by atoms with E-state index in [2.05, 4.69) is 15.6 Å². The average Bonchev–Trinajstić information content (AvgIpc) is 2.49. The number of anilines is 3. The lowest BCUT2D eigenvalue weighted by molar-refractivity contribution is -0.123. The van der Waals surface area contributed by atoms with Crippen molar-refractivity contribution in [3.8, 4) is 0 Å². The van der Waals surface area contributed by atoms with Crippen molar-refractivity contribution in [3.05, 3.63) is 48.2 Å². The highest BCUT2D eigenvalue weighted by Gasteiger charge is 2.21. The van der Waals surface area contributed by atoms with Crippen LogP contribution in [0.4, 0.5) is 17.2 Å². The molecule has 0 aliphatic heterocycles. The van der Waals surface area contributed by atoms with E-state index in [-0.39, 0.29) is 11.7 Å².